The van der Waals surface area contributed by atoms with Gasteiger partial charge in [-0.2, -0.15) is 5.26 Å². The second kappa shape index (κ2) is 6.14. The van der Waals surface area contributed by atoms with E-state index in [1.807, 2.05) is 18.2 Å². The first kappa shape index (κ1) is 10.7. The number of rotatable bonds is 5. The zero-order chi connectivity index (χ0) is 10.2. The third-order valence-corrected chi connectivity index (χ3v) is 1.90. The van der Waals surface area contributed by atoms with Gasteiger partial charge in [-0.15, -0.1) is 0 Å². The van der Waals surface area contributed by atoms with E-state index in [-0.39, 0.29) is 6.61 Å². The van der Waals surface area contributed by atoms with Crippen LogP contribution in [0.5, 0.6) is 0 Å². The number of hydrogen-bond donors (Lipinski definition) is 2. The Bertz CT molecular complexity index is 317. The maximum atomic E-state index is 8.67. The summed E-state index contributed by atoms with van der Waals surface area (Å²) in [5, 5.41) is 20.4. The van der Waals surface area contributed by atoms with Crippen LogP contribution in [0, 0.1) is 11.3 Å². The van der Waals surface area contributed by atoms with Crippen molar-refractivity contribution in [1.29, 1.82) is 5.26 Å². The van der Waals surface area contributed by atoms with Crippen molar-refractivity contribution in [1.82, 2.24) is 5.32 Å². The highest BCUT2D eigenvalue weighted by atomic mass is 16.3. The lowest BCUT2D eigenvalue weighted by atomic mass is 10.1. The molecular weight excluding hydrogens is 176 g/mol. The number of nitrogens with zero attached hydrogens (tertiary/aromatic N) is 1. The highest BCUT2D eigenvalue weighted by Crippen LogP contribution is 2.03. The van der Waals surface area contributed by atoms with E-state index in [9.17, 15) is 0 Å². The Hall–Kier alpha value is -1.37. The fourth-order valence-corrected chi connectivity index (χ4v) is 1.19. The molecule has 0 aliphatic carbocycles. The summed E-state index contributed by atoms with van der Waals surface area (Å²) in [7, 11) is 0. The van der Waals surface area contributed by atoms with Gasteiger partial charge in [0.15, 0.2) is 0 Å². The van der Waals surface area contributed by atoms with Crippen LogP contribution in [0.1, 0.15) is 17.5 Å². The van der Waals surface area contributed by atoms with Crippen LogP contribution in [0.4, 0.5) is 0 Å². The maximum absolute atomic E-state index is 8.67. The highest BCUT2D eigenvalue weighted by Gasteiger charge is 1.94. The van der Waals surface area contributed by atoms with Gasteiger partial charge in [0.05, 0.1) is 11.6 Å². The minimum absolute atomic E-state index is 0.214. The molecule has 0 aromatic heterocycles. The number of aliphatic hydroxyl groups is 1. The van der Waals surface area contributed by atoms with Gasteiger partial charge in [-0.1, -0.05) is 12.1 Å². The Morgan fingerprint density at radius 3 is 3.00 bits per heavy atom. The number of benzene rings is 1. The molecule has 0 aliphatic heterocycles. The van der Waals surface area contributed by atoms with Crippen molar-refractivity contribution in [3.63, 3.8) is 0 Å². The Balaban J connectivity index is 2.39. The molecule has 14 heavy (non-hydrogen) atoms. The van der Waals surface area contributed by atoms with Gasteiger partial charge in [0.1, 0.15) is 0 Å². The molecule has 1 aromatic carbocycles. The van der Waals surface area contributed by atoms with Crippen LogP contribution in [0.2, 0.25) is 0 Å². The molecule has 0 unspecified atom stereocenters. The molecule has 2 N–H and O–H groups in total. The summed E-state index contributed by atoms with van der Waals surface area (Å²) in [5.74, 6) is 0. The molecule has 0 fully saturated rings. The van der Waals surface area contributed by atoms with E-state index in [1.165, 1.54) is 0 Å². The minimum Gasteiger partial charge on any atom is -0.396 e. The van der Waals surface area contributed by atoms with Gasteiger partial charge >= 0.3 is 0 Å². The summed E-state index contributed by atoms with van der Waals surface area (Å²) >= 11 is 0. The van der Waals surface area contributed by atoms with Gasteiger partial charge in [0.2, 0.25) is 0 Å². The van der Waals surface area contributed by atoms with Crippen LogP contribution >= 0.6 is 0 Å². The summed E-state index contributed by atoms with van der Waals surface area (Å²) in [6.07, 6.45) is 0.762. The standard InChI is InChI=1S/C11H14N2O/c12-8-10-3-1-4-11(7-10)9-13-5-2-6-14/h1,3-4,7,13-14H,2,5-6,9H2. The molecule has 0 spiro atoms. The van der Waals surface area contributed by atoms with Crippen molar-refractivity contribution in [2.24, 2.45) is 0 Å². The Kier molecular flexibility index (Phi) is 4.70. The largest absolute Gasteiger partial charge is 0.396 e. The lowest BCUT2D eigenvalue weighted by Crippen LogP contribution is -2.15. The van der Waals surface area contributed by atoms with Gasteiger partial charge in [-0.05, 0) is 30.7 Å². The first-order valence-electron chi connectivity index (χ1n) is 4.67. The van der Waals surface area contributed by atoms with Crippen LogP contribution in [-0.4, -0.2) is 18.3 Å². The van der Waals surface area contributed by atoms with E-state index < -0.39 is 0 Å². The summed E-state index contributed by atoms with van der Waals surface area (Å²) in [5.41, 5.74) is 1.79. The van der Waals surface area contributed by atoms with E-state index in [2.05, 4.69) is 11.4 Å². The second-order valence-electron chi connectivity index (χ2n) is 3.07. The molecule has 0 radical (unpaired) electrons. The minimum atomic E-state index is 0.214. The van der Waals surface area contributed by atoms with Gasteiger partial charge in [-0.25, -0.2) is 0 Å². The number of nitriles is 1. The van der Waals surface area contributed by atoms with Gasteiger partial charge in [-0.3, -0.25) is 0 Å². The lowest BCUT2D eigenvalue weighted by molar-refractivity contribution is 0.286. The fraction of sp³-hybridized carbons (Fsp3) is 0.364. The van der Waals surface area contributed by atoms with Crippen LogP contribution in [0.25, 0.3) is 0 Å². The monoisotopic (exact) mass is 190 g/mol. The molecule has 0 amide bonds. The molecule has 1 rings (SSSR count). The molecule has 3 nitrogen and oxygen atoms in total. The van der Waals surface area contributed by atoms with Crippen molar-refractivity contribution in [2.45, 2.75) is 13.0 Å². The second-order valence-corrected chi connectivity index (χ2v) is 3.07. The summed E-state index contributed by atoms with van der Waals surface area (Å²) < 4.78 is 0. The smallest absolute Gasteiger partial charge is 0.0991 e. The topological polar surface area (TPSA) is 56.0 Å². The molecule has 74 valence electrons. The first-order chi connectivity index (χ1) is 6.86. The van der Waals surface area contributed by atoms with Gasteiger partial charge < -0.3 is 10.4 Å². The summed E-state index contributed by atoms with van der Waals surface area (Å²) in [6.45, 7) is 1.76. The first-order valence-corrected chi connectivity index (χ1v) is 4.67. The molecular formula is C11H14N2O. The molecule has 0 heterocycles. The van der Waals surface area contributed by atoms with E-state index in [0.717, 1.165) is 25.1 Å². The highest BCUT2D eigenvalue weighted by molar-refractivity contribution is 5.32. The molecule has 0 saturated carbocycles. The quantitative estimate of drug-likeness (QED) is 0.682. The Morgan fingerprint density at radius 2 is 2.29 bits per heavy atom. The summed E-state index contributed by atoms with van der Waals surface area (Å²) in [4.78, 5) is 0. The zero-order valence-electron chi connectivity index (χ0n) is 8.03. The average Bonchev–Trinajstić information content (AvgIpc) is 2.25. The fourth-order valence-electron chi connectivity index (χ4n) is 1.19. The van der Waals surface area contributed by atoms with Crippen molar-refractivity contribution in [2.75, 3.05) is 13.2 Å². The predicted molar refractivity (Wildman–Crippen MR) is 54.6 cm³/mol. The van der Waals surface area contributed by atoms with Crippen molar-refractivity contribution < 1.29 is 5.11 Å². The number of nitrogens with one attached hydrogen (secondary N) is 1. The number of aliphatic hydroxyl groups excluding tert-OH is 1. The normalized spacial score (nSPS) is 9.71. The predicted octanol–water partition coefficient (Wildman–Crippen LogP) is 1.03. The molecule has 0 bridgehead atoms. The molecule has 0 saturated heterocycles. The SMILES string of the molecule is N#Cc1cccc(CNCCCO)c1. The van der Waals surface area contributed by atoms with Crippen LogP contribution in [0.3, 0.4) is 0 Å². The van der Waals surface area contributed by atoms with Crippen LogP contribution in [0.15, 0.2) is 24.3 Å². The van der Waals surface area contributed by atoms with E-state index in [4.69, 9.17) is 10.4 Å². The Labute approximate surface area is 84.0 Å². The van der Waals surface area contributed by atoms with E-state index in [0.29, 0.717) is 5.56 Å². The number of hydrogen-bond acceptors (Lipinski definition) is 3. The third-order valence-electron chi connectivity index (χ3n) is 1.90. The summed E-state index contributed by atoms with van der Waals surface area (Å²) in [6, 6.07) is 9.61. The molecule has 3 heteroatoms. The van der Waals surface area contributed by atoms with Crippen LogP contribution < -0.4 is 5.32 Å². The molecule has 0 atom stereocenters. The van der Waals surface area contributed by atoms with Crippen molar-refractivity contribution in [3.8, 4) is 6.07 Å². The lowest BCUT2D eigenvalue weighted by Gasteiger charge is -2.03. The van der Waals surface area contributed by atoms with E-state index >= 15 is 0 Å². The average molecular weight is 190 g/mol. The molecule has 0 aliphatic rings. The van der Waals surface area contributed by atoms with E-state index in [1.54, 1.807) is 6.07 Å². The maximum Gasteiger partial charge on any atom is 0.0991 e. The van der Waals surface area contributed by atoms with Crippen molar-refractivity contribution in [3.05, 3.63) is 35.4 Å². The Morgan fingerprint density at radius 1 is 1.43 bits per heavy atom. The van der Waals surface area contributed by atoms with Gasteiger partial charge in [0, 0.05) is 13.2 Å². The van der Waals surface area contributed by atoms with Crippen molar-refractivity contribution >= 4 is 0 Å². The third kappa shape index (κ3) is 3.56. The van der Waals surface area contributed by atoms with Crippen LogP contribution in [-0.2, 0) is 6.54 Å². The van der Waals surface area contributed by atoms with Gasteiger partial charge in [0.25, 0.3) is 0 Å². The zero-order valence-corrected chi connectivity index (χ0v) is 8.03. The molecule has 1 aromatic rings.